The van der Waals surface area contributed by atoms with Crippen LogP contribution in [-0.2, 0) is 15.5 Å². The van der Waals surface area contributed by atoms with Crippen molar-refractivity contribution < 1.29 is 9.05 Å². The van der Waals surface area contributed by atoms with Gasteiger partial charge < -0.3 is 9.05 Å². The van der Waals surface area contributed by atoms with Gasteiger partial charge in [0.2, 0.25) is 0 Å². The molecule has 17 heavy (non-hydrogen) atoms. The van der Waals surface area contributed by atoms with Crippen LogP contribution >= 0.6 is 8.38 Å². The molecule has 0 radical (unpaired) electrons. The third-order valence-corrected chi connectivity index (χ3v) is 3.20. The number of benzene rings is 1. The van der Waals surface area contributed by atoms with Gasteiger partial charge in [0.05, 0.1) is 13.2 Å². The molecule has 1 unspecified atom stereocenters. The lowest BCUT2D eigenvalue weighted by atomic mass is 10.1. The van der Waals surface area contributed by atoms with Gasteiger partial charge in [-0.2, -0.15) is 0 Å². The lowest BCUT2D eigenvalue weighted by molar-refractivity contribution is 0.260. The Hall–Kier alpha value is -0.430. The van der Waals surface area contributed by atoms with Gasteiger partial charge in [0.25, 0.3) is 0 Å². The quantitative estimate of drug-likeness (QED) is 0.522. The van der Waals surface area contributed by atoms with Crippen LogP contribution < -0.4 is 0 Å². The van der Waals surface area contributed by atoms with E-state index in [-0.39, 0.29) is 0 Å². The summed E-state index contributed by atoms with van der Waals surface area (Å²) < 4.78 is 10.9. The van der Waals surface area contributed by atoms with Crippen molar-refractivity contribution in [2.24, 2.45) is 0 Å². The molecule has 1 aromatic carbocycles. The van der Waals surface area contributed by atoms with Crippen LogP contribution in [0.1, 0.15) is 32.8 Å². The van der Waals surface area contributed by atoms with E-state index in [1.54, 1.807) is 0 Å². The minimum absolute atomic E-state index is 0.661. The molecule has 0 aliphatic carbocycles. The van der Waals surface area contributed by atoms with Gasteiger partial charge in [0, 0.05) is 6.66 Å². The summed E-state index contributed by atoms with van der Waals surface area (Å²) in [4.78, 5) is 0. The Bertz CT molecular complexity index is 252. The molecule has 98 valence electrons. The highest BCUT2D eigenvalue weighted by atomic mass is 31.2. The minimum atomic E-state index is -0.661. The fourth-order valence-corrected chi connectivity index (χ4v) is 2.16. The van der Waals surface area contributed by atoms with E-state index in [0.29, 0.717) is 0 Å². The fraction of sp³-hybridized carbons (Fsp3) is 0.571. The van der Waals surface area contributed by atoms with E-state index in [1.165, 1.54) is 5.56 Å². The second-order valence-corrected chi connectivity index (χ2v) is 4.68. The molecule has 0 aliphatic rings. The first-order valence-electron chi connectivity index (χ1n) is 6.36. The normalized spacial score (nSPS) is 11.5. The van der Waals surface area contributed by atoms with Gasteiger partial charge in [-0.15, -0.1) is 0 Å². The second kappa shape index (κ2) is 12.0. The van der Waals surface area contributed by atoms with E-state index >= 15 is 0 Å². The molecule has 1 aromatic rings. The van der Waals surface area contributed by atoms with E-state index < -0.39 is 8.38 Å². The molecule has 3 heteroatoms. The standard InChI is InChI=1S/C12H19O2P.C2H6/c1-3-13-15(2)14-11-7-10-12-8-5-4-6-9-12;1-2/h4-6,8-9H,3,7,10-11H2,1-2H3;1-2H3. The molecule has 0 fully saturated rings. The van der Waals surface area contributed by atoms with Crippen molar-refractivity contribution >= 4 is 8.38 Å². The van der Waals surface area contributed by atoms with E-state index in [2.05, 4.69) is 24.3 Å². The zero-order valence-corrected chi connectivity index (χ0v) is 12.4. The van der Waals surface area contributed by atoms with Crippen LogP contribution in [0, 0.1) is 0 Å². The number of rotatable bonds is 7. The largest absolute Gasteiger partial charge is 0.335 e. The van der Waals surface area contributed by atoms with Gasteiger partial charge in [0.15, 0.2) is 8.38 Å². The van der Waals surface area contributed by atoms with E-state index in [0.717, 1.165) is 26.1 Å². The molecule has 0 amide bonds. The molecule has 0 aliphatic heterocycles. The molecule has 0 spiro atoms. The van der Waals surface area contributed by atoms with Crippen molar-refractivity contribution in [2.75, 3.05) is 19.9 Å². The predicted octanol–water partition coefficient (Wildman–Crippen LogP) is 4.64. The summed E-state index contributed by atoms with van der Waals surface area (Å²) in [6.45, 7) is 9.52. The summed E-state index contributed by atoms with van der Waals surface area (Å²) in [5.41, 5.74) is 1.37. The summed E-state index contributed by atoms with van der Waals surface area (Å²) >= 11 is 0. The van der Waals surface area contributed by atoms with Crippen molar-refractivity contribution in [3.05, 3.63) is 35.9 Å². The Morgan fingerprint density at radius 1 is 1.06 bits per heavy atom. The van der Waals surface area contributed by atoms with Crippen molar-refractivity contribution in [3.63, 3.8) is 0 Å². The van der Waals surface area contributed by atoms with Crippen LogP contribution in [0.3, 0.4) is 0 Å². The Morgan fingerprint density at radius 2 is 1.71 bits per heavy atom. The smallest absolute Gasteiger partial charge is 0.167 e. The monoisotopic (exact) mass is 256 g/mol. The maximum absolute atomic E-state index is 5.55. The van der Waals surface area contributed by atoms with Gasteiger partial charge in [-0.05, 0) is 25.3 Å². The maximum Gasteiger partial charge on any atom is 0.167 e. The van der Waals surface area contributed by atoms with Gasteiger partial charge in [-0.1, -0.05) is 44.2 Å². The van der Waals surface area contributed by atoms with Crippen LogP contribution in [0.15, 0.2) is 30.3 Å². The van der Waals surface area contributed by atoms with Crippen LogP contribution in [0.2, 0.25) is 0 Å². The topological polar surface area (TPSA) is 18.5 Å². The lowest BCUT2D eigenvalue weighted by Gasteiger charge is -2.11. The number of hydrogen-bond acceptors (Lipinski definition) is 2. The second-order valence-electron chi connectivity index (χ2n) is 3.28. The highest BCUT2D eigenvalue weighted by Gasteiger charge is 2.00. The Labute approximate surface area is 107 Å². The van der Waals surface area contributed by atoms with Crippen molar-refractivity contribution in [3.8, 4) is 0 Å². The van der Waals surface area contributed by atoms with Gasteiger partial charge in [-0.3, -0.25) is 0 Å². The van der Waals surface area contributed by atoms with Crippen molar-refractivity contribution in [1.29, 1.82) is 0 Å². The summed E-state index contributed by atoms with van der Waals surface area (Å²) in [5, 5.41) is 0. The average molecular weight is 256 g/mol. The SMILES string of the molecule is CC.CCOP(C)OCCCc1ccccc1. The predicted molar refractivity (Wildman–Crippen MR) is 76.5 cm³/mol. The van der Waals surface area contributed by atoms with Crippen LogP contribution in [-0.4, -0.2) is 19.9 Å². The zero-order valence-electron chi connectivity index (χ0n) is 11.5. The molecule has 0 heterocycles. The minimum Gasteiger partial charge on any atom is -0.335 e. The Morgan fingerprint density at radius 3 is 2.29 bits per heavy atom. The van der Waals surface area contributed by atoms with Gasteiger partial charge >= 0.3 is 0 Å². The highest BCUT2D eigenvalue weighted by Crippen LogP contribution is 2.32. The summed E-state index contributed by atoms with van der Waals surface area (Å²) in [6.07, 6.45) is 2.14. The van der Waals surface area contributed by atoms with E-state index in [4.69, 9.17) is 9.05 Å². The Kier molecular flexibility index (Phi) is 11.7. The van der Waals surface area contributed by atoms with Crippen LogP contribution in [0.25, 0.3) is 0 Å². The molecule has 0 saturated heterocycles. The number of hydrogen-bond donors (Lipinski definition) is 0. The third-order valence-electron chi connectivity index (χ3n) is 2.04. The van der Waals surface area contributed by atoms with E-state index in [1.807, 2.05) is 33.5 Å². The van der Waals surface area contributed by atoms with Crippen molar-refractivity contribution in [2.45, 2.75) is 33.6 Å². The molecule has 0 bridgehead atoms. The molecule has 0 saturated carbocycles. The fourth-order valence-electron chi connectivity index (χ4n) is 1.33. The van der Waals surface area contributed by atoms with Gasteiger partial charge in [0.1, 0.15) is 0 Å². The molecular formula is C14H25O2P. The van der Waals surface area contributed by atoms with Crippen molar-refractivity contribution in [1.82, 2.24) is 0 Å². The molecule has 0 aromatic heterocycles. The van der Waals surface area contributed by atoms with Crippen LogP contribution in [0.5, 0.6) is 0 Å². The molecule has 1 rings (SSSR count). The molecule has 1 atom stereocenters. The maximum atomic E-state index is 5.55. The third kappa shape index (κ3) is 9.29. The first-order valence-corrected chi connectivity index (χ1v) is 7.99. The Balaban J connectivity index is 0.00000121. The number of aryl methyl sites for hydroxylation is 1. The van der Waals surface area contributed by atoms with Gasteiger partial charge in [-0.25, -0.2) is 0 Å². The first-order chi connectivity index (χ1) is 8.33. The molecule has 2 nitrogen and oxygen atoms in total. The lowest BCUT2D eigenvalue weighted by Crippen LogP contribution is -1.94. The average Bonchev–Trinajstić information content (AvgIpc) is 2.39. The molecular weight excluding hydrogens is 231 g/mol. The zero-order chi connectivity index (χ0) is 12.9. The highest BCUT2D eigenvalue weighted by molar-refractivity contribution is 7.46. The first kappa shape index (κ1) is 16.6. The summed E-state index contributed by atoms with van der Waals surface area (Å²) in [7, 11) is -0.661. The summed E-state index contributed by atoms with van der Waals surface area (Å²) in [6, 6.07) is 10.5. The summed E-state index contributed by atoms with van der Waals surface area (Å²) in [5.74, 6) is 0. The molecule has 0 N–H and O–H groups in total. The van der Waals surface area contributed by atoms with Crippen LogP contribution in [0.4, 0.5) is 0 Å². The van der Waals surface area contributed by atoms with E-state index in [9.17, 15) is 0 Å².